The summed E-state index contributed by atoms with van der Waals surface area (Å²) in [7, 11) is 0. The summed E-state index contributed by atoms with van der Waals surface area (Å²) < 4.78 is 0. The van der Waals surface area contributed by atoms with Gasteiger partial charge in [0.05, 0.1) is 5.92 Å². The molecule has 0 radical (unpaired) electrons. The molecule has 0 aromatic heterocycles. The number of rotatable bonds is 3. The van der Waals surface area contributed by atoms with Crippen LogP contribution in [0.25, 0.3) is 0 Å². The number of hydrogen-bond acceptors (Lipinski definition) is 4. The molecule has 1 aromatic rings. The summed E-state index contributed by atoms with van der Waals surface area (Å²) in [6.45, 7) is 1.52. The van der Waals surface area contributed by atoms with Crippen LogP contribution in [-0.2, 0) is 11.2 Å². The maximum atomic E-state index is 10.6. The monoisotopic (exact) mass is 211 g/mol. The van der Waals surface area contributed by atoms with E-state index in [0.717, 1.165) is 0 Å². The molecule has 1 aromatic carbocycles. The van der Waals surface area contributed by atoms with Crippen LogP contribution in [0.5, 0.6) is 11.5 Å². The Balaban J connectivity index is 2.99. The van der Waals surface area contributed by atoms with E-state index < -0.39 is 11.9 Å². The van der Waals surface area contributed by atoms with E-state index >= 15 is 0 Å². The third-order valence-electron chi connectivity index (χ3n) is 2.14. The number of anilines is 1. The van der Waals surface area contributed by atoms with Crippen molar-refractivity contribution >= 4 is 11.7 Å². The van der Waals surface area contributed by atoms with Crippen LogP contribution in [0, 0.1) is 5.92 Å². The SMILES string of the molecule is CC(Cc1cc(N)cc(O)c1O)C(=O)O. The van der Waals surface area contributed by atoms with E-state index in [9.17, 15) is 15.0 Å². The number of benzene rings is 1. The zero-order valence-corrected chi connectivity index (χ0v) is 8.27. The van der Waals surface area contributed by atoms with Crippen molar-refractivity contribution in [2.75, 3.05) is 5.73 Å². The number of aliphatic carboxylic acids is 1. The number of carboxylic acids is 1. The summed E-state index contributed by atoms with van der Waals surface area (Å²) in [5, 5.41) is 27.4. The van der Waals surface area contributed by atoms with E-state index in [1.54, 1.807) is 0 Å². The first-order chi connectivity index (χ1) is 6.91. The number of aromatic hydroxyl groups is 2. The molecular weight excluding hydrogens is 198 g/mol. The summed E-state index contributed by atoms with van der Waals surface area (Å²) in [6.07, 6.45) is 0.125. The lowest BCUT2D eigenvalue weighted by molar-refractivity contribution is -0.141. The molecule has 0 aliphatic rings. The van der Waals surface area contributed by atoms with Crippen LogP contribution < -0.4 is 5.73 Å². The summed E-state index contributed by atoms with van der Waals surface area (Å²) in [6, 6.07) is 2.67. The van der Waals surface area contributed by atoms with Gasteiger partial charge in [0.15, 0.2) is 11.5 Å². The number of carbonyl (C=O) groups is 1. The molecule has 0 aliphatic carbocycles. The van der Waals surface area contributed by atoms with Crippen molar-refractivity contribution in [2.24, 2.45) is 5.92 Å². The van der Waals surface area contributed by atoms with Gasteiger partial charge < -0.3 is 21.1 Å². The average molecular weight is 211 g/mol. The zero-order valence-electron chi connectivity index (χ0n) is 8.27. The van der Waals surface area contributed by atoms with Gasteiger partial charge in [0.1, 0.15) is 0 Å². The van der Waals surface area contributed by atoms with E-state index in [4.69, 9.17) is 10.8 Å². The fourth-order valence-corrected chi connectivity index (χ4v) is 1.27. The van der Waals surface area contributed by atoms with Gasteiger partial charge in [-0.1, -0.05) is 6.92 Å². The molecular formula is C10H13NO4. The number of phenolic OH excluding ortho intramolecular Hbond substituents is 2. The normalized spacial score (nSPS) is 12.3. The lowest BCUT2D eigenvalue weighted by Gasteiger charge is -2.10. The molecule has 1 atom stereocenters. The fourth-order valence-electron chi connectivity index (χ4n) is 1.27. The smallest absolute Gasteiger partial charge is 0.306 e. The minimum Gasteiger partial charge on any atom is -0.504 e. The summed E-state index contributed by atoms with van der Waals surface area (Å²) >= 11 is 0. The Labute approximate surface area is 86.8 Å². The van der Waals surface area contributed by atoms with Crippen LogP contribution in [0.4, 0.5) is 5.69 Å². The molecule has 0 aliphatic heterocycles. The minimum atomic E-state index is -0.962. The Bertz CT molecular complexity index is 389. The quantitative estimate of drug-likeness (QED) is 0.338. The molecule has 5 nitrogen and oxygen atoms in total. The molecule has 0 amide bonds. The molecule has 5 N–H and O–H groups in total. The second-order valence-corrected chi connectivity index (χ2v) is 3.49. The first-order valence-corrected chi connectivity index (χ1v) is 4.45. The average Bonchev–Trinajstić information content (AvgIpc) is 2.13. The highest BCUT2D eigenvalue weighted by Gasteiger charge is 2.16. The molecule has 1 rings (SSSR count). The lowest BCUT2D eigenvalue weighted by atomic mass is 9.99. The molecule has 0 fully saturated rings. The van der Waals surface area contributed by atoms with Gasteiger partial charge in [-0.25, -0.2) is 0 Å². The van der Waals surface area contributed by atoms with Crippen LogP contribution in [0.15, 0.2) is 12.1 Å². The van der Waals surface area contributed by atoms with E-state index in [2.05, 4.69) is 0 Å². The molecule has 82 valence electrons. The number of nitrogen functional groups attached to an aromatic ring is 1. The van der Waals surface area contributed by atoms with Gasteiger partial charge >= 0.3 is 5.97 Å². The van der Waals surface area contributed by atoms with E-state index in [-0.39, 0.29) is 23.6 Å². The van der Waals surface area contributed by atoms with Crippen LogP contribution in [0.2, 0.25) is 0 Å². The number of hydrogen-bond donors (Lipinski definition) is 4. The maximum absolute atomic E-state index is 10.6. The largest absolute Gasteiger partial charge is 0.504 e. The van der Waals surface area contributed by atoms with Crippen molar-refractivity contribution in [3.05, 3.63) is 17.7 Å². The highest BCUT2D eigenvalue weighted by Crippen LogP contribution is 2.32. The molecule has 1 unspecified atom stereocenters. The van der Waals surface area contributed by atoms with Crippen LogP contribution >= 0.6 is 0 Å². The van der Waals surface area contributed by atoms with Gasteiger partial charge in [0.2, 0.25) is 0 Å². The van der Waals surface area contributed by atoms with Gasteiger partial charge in [-0.05, 0) is 12.5 Å². The Kier molecular flexibility index (Phi) is 3.04. The Hall–Kier alpha value is -1.91. The van der Waals surface area contributed by atoms with Crippen molar-refractivity contribution in [2.45, 2.75) is 13.3 Å². The maximum Gasteiger partial charge on any atom is 0.306 e. The summed E-state index contributed by atoms with van der Waals surface area (Å²) in [4.78, 5) is 10.6. The van der Waals surface area contributed by atoms with E-state index in [1.807, 2.05) is 0 Å². The van der Waals surface area contributed by atoms with Crippen molar-refractivity contribution in [3.8, 4) is 11.5 Å². The predicted octanol–water partition coefficient (Wildman–Crippen LogP) is 0.943. The third-order valence-corrected chi connectivity index (χ3v) is 2.14. The number of phenols is 2. The van der Waals surface area contributed by atoms with Crippen molar-refractivity contribution in [1.82, 2.24) is 0 Å². The van der Waals surface area contributed by atoms with Crippen molar-refractivity contribution in [1.29, 1.82) is 0 Å². The zero-order chi connectivity index (χ0) is 11.6. The first-order valence-electron chi connectivity index (χ1n) is 4.45. The van der Waals surface area contributed by atoms with Crippen LogP contribution in [0.3, 0.4) is 0 Å². The highest BCUT2D eigenvalue weighted by atomic mass is 16.4. The predicted molar refractivity (Wildman–Crippen MR) is 54.7 cm³/mol. The topological polar surface area (TPSA) is 104 Å². The molecule has 0 saturated heterocycles. The van der Waals surface area contributed by atoms with Gasteiger partial charge in [-0.2, -0.15) is 0 Å². The van der Waals surface area contributed by atoms with Crippen molar-refractivity contribution < 1.29 is 20.1 Å². The van der Waals surface area contributed by atoms with Gasteiger partial charge in [0, 0.05) is 17.3 Å². The molecule has 0 spiro atoms. The van der Waals surface area contributed by atoms with Crippen LogP contribution in [-0.4, -0.2) is 21.3 Å². The molecule has 5 heteroatoms. The number of carboxylic acid groups (broad SMARTS) is 1. The second kappa shape index (κ2) is 4.08. The Morgan fingerprint density at radius 1 is 1.47 bits per heavy atom. The van der Waals surface area contributed by atoms with E-state index in [0.29, 0.717) is 5.56 Å². The first kappa shape index (κ1) is 11.2. The fraction of sp³-hybridized carbons (Fsp3) is 0.300. The summed E-state index contributed by atoms with van der Waals surface area (Å²) in [5.41, 5.74) is 6.09. The summed E-state index contributed by atoms with van der Waals surface area (Å²) in [5.74, 6) is -2.24. The minimum absolute atomic E-state index is 0.125. The molecule has 15 heavy (non-hydrogen) atoms. The molecule has 0 bridgehead atoms. The lowest BCUT2D eigenvalue weighted by Crippen LogP contribution is -2.12. The Morgan fingerprint density at radius 3 is 2.60 bits per heavy atom. The third kappa shape index (κ3) is 2.52. The van der Waals surface area contributed by atoms with Gasteiger partial charge in [0.25, 0.3) is 0 Å². The van der Waals surface area contributed by atoms with Gasteiger partial charge in [-0.3, -0.25) is 4.79 Å². The standard InChI is InChI=1S/C10H13NO4/c1-5(10(14)15)2-6-3-7(11)4-8(12)9(6)13/h3-5,12-13H,2,11H2,1H3,(H,14,15). The highest BCUT2D eigenvalue weighted by molar-refractivity contribution is 5.70. The molecule has 0 heterocycles. The van der Waals surface area contributed by atoms with Gasteiger partial charge in [-0.15, -0.1) is 0 Å². The van der Waals surface area contributed by atoms with E-state index in [1.165, 1.54) is 19.1 Å². The van der Waals surface area contributed by atoms with Crippen LogP contribution in [0.1, 0.15) is 12.5 Å². The van der Waals surface area contributed by atoms with Crippen molar-refractivity contribution in [3.63, 3.8) is 0 Å². The molecule has 0 saturated carbocycles. The second-order valence-electron chi connectivity index (χ2n) is 3.49. The Morgan fingerprint density at radius 2 is 2.07 bits per heavy atom. The number of nitrogens with two attached hydrogens (primary N) is 1.